The van der Waals surface area contributed by atoms with Crippen molar-refractivity contribution in [3.63, 3.8) is 0 Å². The van der Waals surface area contributed by atoms with Crippen molar-refractivity contribution in [1.82, 2.24) is 20.2 Å². The number of tetrazole rings is 1. The number of nitrogens with zero attached hydrogens (tertiary/aromatic N) is 4. The molecular formula is C22H32N4O5S. The van der Waals surface area contributed by atoms with E-state index < -0.39 is 23.7 Å². The summed E-state index contributed by atoms with van der Waals surface area (Å²) in [6.45, 7) is 2.29. The Morgan fingerprint density at radius 2 is 1.69 bits per heavy atom. The molecule has 0 fully saturated rings. The Hall–Kier alpha value is -2.62. The fourth-order valence-corrected chi connectivity index (χ4v) is 4.22. The average Bonchev–Trinajstić information content (AvgIpc) is 3.19. The van der Waals surface area contributed by atoms with E-state index in [9.17, 15) is 14.7 Å². The number of carbonyl (C=O) groups is 2. The van der Waals surface area contributed by atoms with E-state index in [0.29, 0.717) is 17.9 Å². The van der Waals surface area contributed by atoms with Gasteiger partial charge in [-0.15, -0.1) is 5.10 Å². The molecule has 0 amide bonds. The number of ether oxygens (including phenoxy) is 1. The third-order valence-corrected chi connectivity index (χ3v) is 6.13. The first-order valence-corrected chi connectivity index (χ1v) is 12.0. The number of carboxylic acid groups (broad SMARTS) is 2. The lowest BCUT2D eigenvalue weighted by atomic mass is 10.1. The van der Waals surface area contributed by atoms with E-state index in [2.05, 4.69) is 22.4 Å². The zero-order valence-electron chi connectivity index (χ0n) is 18.5. The van der Waals surface area contributed by atoms with Gasteiger partial charge in [-0.2, -0.15) is 0 Å². The molecule has 176 valence electrons. The summed E-state index contributed by atoms with van der Waals surface area (Å²) in [5.41, 5.74) is 0.491. The van der Waals surface area contributed by atoms with Crippen LogP contribution in [0, 0.1) is 0 Å². The van der Waals surface area contributed by atoms with Gasteiger partial charge < -0.3 is 14.9 Å². The highest BCUT2D eigenvalue weighted by Crippen LogP contribution is 2.38. The second-order valence-electron chi connectivity index (χ2n) is 7.56. The maximum absolute atomic E-state index is 12.0. The molecule has 32 heavy (non-hydrogen) atoms. The summed E-state index contributed by atoms with van der Waals surface area (Å²) >= 11 is 0.882. The minimum atomic E-state index is -1.12. The summed E-state index contributed by atoms with van der Waals surface area (Å²) in [6.07, 6.45) is 10.9. The van der Waals surface area contributed by atoms with Crippen molar-refractivity contribution < 1.29 is 24.5 Å². The Balaban J connectivity index is 1.89. The van der Waals surface area contributed by atoms with Gasteiger partial charge in [-0.05, 0) is 22.9 Å². The zero-order valence-corrected chi connectivity index (χ0v) is 19.3. The number of carboxylic acids is 2. The Kier molecular flexibility index (Phi) is 11.6. The summed E-state index contributed by atoms with van der Waals surface area (Å²) in [5.74, 6) is -1.70. The number of unbranched alkanes of at least 4 members (excludes halogenated alkanes) is 8. The van der Waals surface area contributed by atoms with Crippen molar-refractivity contribution in [2.75, 3.05) is 6.61 Å². The van der Waals surface area contributed by atoms with Gasteiger partial charge in [-0.3, -0.25) is 9.59 Å². The van der Waals surface area contributed by atoms with Gasteiger partial charge >= 0.3 is 11.9 Å². The first-order chi connectivity index (χ1) is 15.5. The molecule has 1 heterocycles. The summed E-state index contributed by atoms with van der Waals surface area (Å²) in [4.78, 5) is 23.0. The molecule has 9 nitrogen and oxygen atoms in total. The van der Waals surface area contributed by atoms with E-state index in [1.165, 1.54) is 44.9 Å². The van der Waals surface area contributed by atoms with Crippen molar-refractivity contribution in [3.8, 4) is 5.75 Å². The van der Waals surface area contributed by atoms with Crippen molar-refractivity contribution in [2.24, 2.45) is 0 Å². The van der Waals surface area contributed by atoms with Gasteiger partial charge in [0.2, 0.25) is 5.16 Å². The van der Waals surface area contributed by atoms with Crippen LogP contribution in [0.25, 0.3) is 0 Å². The molecule has 0 spiro atoms. The molecule has 1 unspecified atom stereocenters. The number of hydrogen-bond donors (Lipinski definition) is 2. The first-order valence-electron chi connectivity index (χ1n) is 11.1. The lowest BCUT2D eigenvalue weighted by Gasteiger charge is -2.16. The molecular weight excluding hydrogens is 432 g/mol. The predicted molar refractivity (Wildman–Crippen MR) is 121 cm³/mol. The van der Waals surface area contributed by atoms with Crippen LogP contribution in [0.15, 0.2) is 29.4 Å². The fraction of sp³-hybridized carbons (Fsp3) is 0.591. The average molecular weight is 465 g/mol. The molecule has 0 bridgehead atoms. The van der Waals surface area contributed by atoms with Crippen LogP contribution in [0.2, 0.25) is 0 Å². The monoisotopic (exact) mass is 464 g/mol. The third kappa shape index (κ3) is 8.86. The first kappa shape index (κ1) is 25.6. The molecule has 2 rings (SSSR count). The highest BCUT2D eigenvalue weighted by Gasteiger charge is 2.27. The van der Waals surface area contributed by atoms with Gasteiger partial charge in [-0.1, -0.05) is 88.3 Å². The Labute approximate surface area is 192 Å². The molecule has 0 radical (unpaired) electrons. The van der Waals surface area contributed by atoms with Crippen molar-refractivity contribution >= 4 is 23.7 Å². The van der Waals surface area contributed by atoms with Gasteiger partial charge in [0, 0.05) is 5.56 Å². The minimum Gasteiger partial charge on any atom is -0.493 e. The molecule has 1 aromatic carbocycles. The topological polar surface area (TPSA) is 127 Å². The maximum atomic E-state index is 12.0. The molecule has 0 saturated carbocycles. The van der Waals surface area contributed by atoms with Crippen LogP contribution in [0.1, 0.15) is 75.5 Å². The van der Waals surface area contributed by atoms with Crippen LogP contribution < -0.4 is 4.74 Å². The molecule has 1 aromatic heterocycles. The zero-order chi connectivity index (χ0) is 23.2. The number of aliphatic carboxylic acids is 2. The highest BCUT2D eigenvalue weighted by atomic mass is 32.2. The summed E-state index contributed by atoms with van der Waals surface area (Å²) in [7, 11) is 0. The lowest BCUT2D eigenvalue weighted by molar-refractivity contribution is -0.138. The van der Waals surface area contributed by atoms with E-state index in [1.54, 1.807) is 24.3 Å². The molecule has 1 atom stereocenters. The number of rotatable bonds is 17. The van der Waals surface area contributed by atoms with Crippen LogP contribution in [0.5, 0.6) is 5.75 Å². The lowest BCUT2D eigenvalue weighted by Crippen LogP contribution is -2.14. The molecule has 0 aliphatic carbocycles. The minimum absolute atomic E-state index is 0.119. The highest BCUT2D eigenvalue weighted by molar-refractivity contribution is 8.00. The molecule has 2 N–H and O–H groups in total. The third-order valence-electron chi connectivity index (χ3n) is 4.94. The smallest absolute Gasteiger partial charge is 0.325 e. The standard InChI is InChI=1S/C22H32N4O5S/c1-2-3-4-5-6-7-8-9-12-15-31-18-14-11-10-13-17(18)20(21(29)30)32-22-23-24-25-26(22)16-19(27)28/h10-11,13-14,20H,2-9,12,15-16H2,1H3,(H,27,28)(H,29,30). The van der Waals surface area contributed by atoms with Gasteiger partial charge in [0.1, 0.15) is 17.5 Å². The van der Waals surface area contributed by atoms with Gasteiger partial charge in [0.15, 0.2) is 0 Å². The second kappa shape index (κ2) is 14.4. The van der Waals surface area contributed by atoms with Crippen LogP contribution >= 0.6 is 11.8 Å². The van der Waals surface area contributed by atoms with Crippen molar-refractivity contribution in [2.45, 2.75) is 81.7 Å². The van der Waals surface area contributed by atoms with Crippen LogP contribution in [-0.4, -0.2) is 49.0 Å². The van der Waals surface area contributed by atoms with Gasteiger partial charge in [-0.25, -0.2) is 4.68 Å². The molecule has 2 aromatic rings. The van der Waals surface area contributed by atoms with Crippen molar-refractivity contribution in [3.05, 3.63) is 29.8 Å². The number of benzene rings is 1. The number of thioether (sulfide) groups is 1. The van der Waals surface area contributed by atoms with Gasteiger partial charge in [0.25, 0.3) is 0 Å². The second-order valence-corrected chi connectivity index (χ2v) is 8.64. The Bertz CT molecular complexity index is 845. The molecule has 0 aliphatic heterocycles. The molecule has 10 heteroatoms. The van der Waals surface area contributed by atoms with E-state index in [0.717, 1.165) is 29.3 Å². The summed E-state index contributed by atoms with van der Waals surface area (Å²) < 4.78 is 6.98. The van der Waals surface area contributed by atoms with E-state index in [-0.39, 0.29) is 5.16 Å². The Morgan fingerprint density at radius 3 is 2.34 bits per heavy atom. The molecule has 0 aliphatic rings. The number of para-hydroxylation sites is 1. The quantitative estimate of drug-likeness (QED) is 0.255. The predicted octanol–water partition coefficient (Wildman–Crippen LogP) is 4.59. The van der Waals surface area contributed by atoms with Crippen LogP contribution in [0.4, 0.5) is 0 Å². The summed E-state index contributed by atoms with van der Waals surface area (Å²) in [6, 6.07) is 6.99. The normalized spacial score (nSPS) is 11.9. The van der Waals surface area contributed by atoms with Crippen LogP contribution in [-0.2, 0) is 16.1 Å². The number of hydrogen-bond acceptors (Lipinski definition) is 7. The maximum Gasteiger partial charge on any atom is 0.325 e. The largest absolute Gasteiger partial charge is 0.493 e. The van der Waals surface area contributed by atoms with Crippen molar-refractivity contribution in [1.29, 1.82) is 0 Å². The molecule has 0 saturated heterocycles. The van der Waals surface area contributed by atoms with E-state index in [4.69, 9.17) is 9.84 Å². The number of aromatic nitrogens is 4. The SMILES string of the molecule is CCCCCCCCCCCOc1ccccc1C(Sc1nnnn1CC(=O)O)C(=O)O. The van der Waals surface area contributed by atoms with E-state index in [1.807, 2.05) is 0 Å². The van der Waals surface area contributed by atoms with Gasteiger partial charge in [0.05, 0.1) is 6.61 Å². The summed E-state index contributed by atoms with van der Waals surface area (Å²) in [5, 5.41) is 28.7. The fourth-order valence-electron chi connectivity index (χ4n) is 3.28. The van der Waals surface area contributed by atoms with E-state index >= 15 is 0 Å². The Morgan fingerprint density at radius 1 is 1.03 bits per heavy atom. The van der Waals surface area contributed by atoms with Crippen LogP contribution in [0.3, 0.4) is 0 Å².